The second-order valence-corrected chi connectivity index (χ2v) is 9.69. The Hall–Kier alpha value is -1.92. The molecular formula is C19H35N3O8. The van der Waals surface area contributed by atoms with Crippen LogP contribution < -0.4 is 15.9 Å². The number of hydrogen-bond donors (Lipinski definition) is 3. The maximum absolute atomic E-state index is 12.4. The second-order valence-electron chi connectivity index (χ2n) is 9.69. The van der Waals surface area contributed by atoms with Crippen LogP contribution in [0.1, 0.15) is 12.8 Å². The molecule has 0 aliphatic rings. The van der Waals surface area contributed by atoms with Crippen molar-refractivity contribution in [2.24, 2.45) is 17.6 Å². The van der Waals surface area contributed by atoms with E-state index in [0.717, 1.165) is 0 Å². The molecule has 0 radical (unpaired) electrons. The third-order valence-electron chi connectivity index (χ3n) is 4.47. The molecule has 0 aliphatic heterocycles. The molecule has 0 saturated heterocycles. The molecule has 0 aliphatic carbocycles. The lowest BCUT2D eigenvalue weighted by Crippen LogP contribution is -2.54. The lowest BCUT2D eigenvalue weighted by molar-refractivity contribution is -0.873. The Balaban J connectivity index is 5.19. The number of aliphatic carboxylic acids is 2. The van der Waals surface area contributed by atoms with Gasteiger partial charge in [0, 0.05) is 6.42 Å². The third-order valence-corrected chi connectivity index (χ3v) is 4.47. The van der Waals surface area contributed by atoms with Crippen molar-refractivity contribution in [3.8, 4) is 0 Å². The molecule has 0 rings (SSSR count). The summed E-state index contributed by atoms with van der Waals surface area (Å²) in [6.07, 6.45) is -3.88. The molecule has 11 nitrogen and oxygen atoms in total. The lowest BCUT2D eigenvalue weighted by atomic mass is 9.88. The number of aliphatic hydroxyl groups is 2. The van der Waals surface area contributed by atoms with Crippen molar-refractivity contribution in [3.05, 3.63) is 0 Å². The SMILES string of the molecule is C[N+](C)(C)CC(O)C(C(=O)[O-])C(=O)CCC(N)C(=O)C(C(=O)[O-])C(O)C[N+](C)(C)C. The zero-order valence-corrected chi connectivity index (χ0v) is 18.5. The first-order valence-electron chi connectivity index (χ1n) is 9.58. The van der Waals surface area contributed by atoms with Crippen molar-refractivity contribution in [1.29, 1.82) is 0 Å². The second kappa shape index (κ2) is 10.9. The van der Waals surface area contributed by atoms with Crippen molar-refractivity contribution in [2.75, 3.05) is 55.4 Å². The van der Waals surface area contributed by atoms with Crippen LogP contribution in [0.15, 0.2) is 0 Å². The van der Waals surface area contributed by atoms with Gasteiger partial charge in [-0.25, -0.2) is 0 Å². The van der Waals surface area contributed by atoms with Crippen molar-refractivity contribution in [2.45, 2.75) is 31.1 Å². The predicted molar refractivity (Wildman–Crippen MR) is 102 cm³/mol. The van der Waals surface area contributed by atoms with Gasteiger partial charge in [0.2, 0.25) is 0 Å². The Morgan fingerprint density at radius 3 is 1.50 bits per heavy atom. The Kier molecular flexibility index (Phi) is 10.2. The van der Waals surface area contributed by atoms with Crippen LogP contribution in [0, 0.1) is 11.8 Å². The number of carbonyl (C=O) groups excluding carboxylic acids is 4. The summed E-state index contributed by atoms with van der Waals surface area (Å²) in [6, 6.07) is -1.43. The number of carboxylic acid groups (broad SMARTS) is 2. The predicted octanol–water partition coefficient (Wildman–Crippen LogP) is -4.90. The van der Waals surface area contributed by atoms with Crippen molar-refractivity contribution in [3.63, 3.8) is 0 Å². The normalized spacial score (nSPS) is 17.5. The Morgan fingerprint density at radius 2 is 1.17 bits per heavy atom. The Morgan fingerprint density at radius 1 is 0.800 bits per heavy atom. The largest absolute Gasteiger partial charge is 0.549 e. The molecular weight excluding hydrogens is 398 g/mol. The first-order valence-corrected chi connectivity index (χ1v) is 9.58. The molecule has 5 unspecified atom stereocenters. The topological polar surface area (TPSA) is 181 Å². The van der Waals surface area contributed by atoms with Crippen molar-refractivity contribution in [1.82, 2.24) is 0 Å². The van der Waals surface area contributed by atoms with Gasteiger partial charge in [-0.3, -0.25) is 9.59 Å². The minimum absolute atomic E-state index is 0.0284. The quantitative estimate of drug-likeness (QED) is 0.179. The molecule has 11 heteroatoms. The van der Waals surface area contributed by atoms with Crippen LogP contribution in [0.2, 0.25) is 0 Å². The van der Waals surface area contributed by atoms with E-state index in [2.05, 4.69) is 0 Å². The van der Waals surface area contributed by atoms with Crippen LogP contribution in [0.25, 0.3) is 0 Å². The molecule has 4 N–H and O–H groups in total. The molecule has 0 heterocycles. The summed E-state index contributed by atoms with van der Waals surface area (Å²) in [5.74, 6) is -9.10. The summed E-state index contributed by atoms with van der Waals surface area (Å²) in [5.41, 5.74) is 5.72. The van der Waals surface area contributed by atoms with Crippen LogP contribution >= 0.6 is 0 Å². The molecule has 0 aromatic carbocycles. The number of quaternary nitrogens is 2. The van der Waals surface area contributed by atoms with Crippen LogP contribution in [0.3, 0.4) is 0 Å². The first-order chi connectivity index (χ1) is 13.4. The summed E-state index contributed by atoms with van der Waals surface area (Å²) in [6.45, 7) is -0.0839. The van der Waals surface area contributed by atoms with Gasteiger partial charge in [0.05, 0.1) is 72.1 Å². The van der Waals surface area contributed by atoms with Crippen molar-refractivity contribution < 1.29 is 48.6 Å². The van der Waals surface area contributed by atoms with Gasteiger partial charge in [0.25, 0.3) is 0 Å². The van der Waals surface area contributed by atoms with Crippen LogP contribution in [-0.2, 0) is 19.2 Å². The van der Waals surface area contributed by atoms with Gasteiger partial charge in [-0.15, -0.1) is 0 Å². The van der Waals surface area contributed by atoms with E-state index in [1.807, 2.05) is 0 Å². The number of nitrogens with zero attached hydrogens (tertiary/aromatic N) is 2. The maximum Gasteiger partial charge on any atom is 0.161 e. The molecule has 174 valence electrons. The van der Waals surface area contributed by atoms with E-state index in [9.17, 15) is 39.6 Å². The van der Waals surface area contributed by atoms with E-state index in [4.69, 9.17) is 5.73 Å². The molecule has 30 heavy (non-hydrogen) atoms. The van der Waals surface area contributed by atoms with Gasteiger partial charge >= 0.3 is 0 Å². The van der Waals surface area contributed by atoms with E-state index in [1.165, 1.54) is 0 Å². The average Bonchev–Trinajstić information content (AvgIpc) is 2.48. The van der Waals surface area contributed by atoms with Gasteiger partial charge in [0.1, 0.15) is 31.1 Å². The van der Waals surface area contributed by atoms with E-state index in [-0.39, 0.29) is 28.5 Å². The summed E-state index contributed by atoms with van der Waals surface area (Å²) >= 11 is 0. The minimum atomic E-state index is -1.88. The number of Topliss-reactive ketones (excluding diaryl/α,β-unsaturated/α-hetero) is 2. The van der Waals surface area contributed by atoms with Crippen molar-refractivity contribution >= 4 is 23.5 Å². The fourth-order valence-electron chi connectivity index (χ4n) is 3.13. The van der Waals surface area contributed by atoms with Gasteiger partial charge < -0.3 is 44.7 Å². The van der Waals surface area contributed by atoms with Crippen LogP contribution in [0.5, 0.6) is 0 Å². The smallest absolute Gasteiger partial charge is 0.161 e. The van der Waals surface area contributed by atoms with Gasteiger partial charge in [-0.05, 0) is 6.42 Å². The van der Waals surface area contributed by atoms with Gasteiger partial charge in [-0.1, -0.05) is 0 Å². The number of likely N-dealkylation sites (N-methyl/N-ethyl adjacent to an activating group) is 2. The highest BCUT2D eigenvalue weighted by Gasteiger charge is 2.36. The highest BCUT2D eigenvalue weighted by atomic mass is 16.4. The number of rotatable bonds is 14. The van der Waals surface area contributed by atoms with Crippen LogP contribution in [-0.4, -0.2) is 116 Å². The zero-order chi connectivity index (χ0) is 24.0. The number of aliphatic hydroxyl groups excluding tert-OH is 2. The molecule has 0 bridgehead atoms. The molecule has 0 spiro atoms. The van der Waals surface area contributed by atoms with Gasteiger partial charge in [0.15, 0.2) is 5.78 Å². The molecule has 5 atom stereocenters. The van der Waals surface area contributed by atoms with Crippen LogP contribution in [0.4, 0.5) is 0 Å². The Labute approximate surface area is 176 Å². The highest BCUT2D eigenvalue weighted by molar-refractivity contribution is 6.02. The molecule has 0 aromatic heterocycles. The highest BCUT2D eigenvalue weighted by Crippen LogP contribution is 2.16. The monoisotopic (exact) mass is 433 g/mol. The molecule has 0 amide bonds. The summed E-state index contributed by atoms with van der Waals surface area (Å²) in [7, 11) is 10.2. The standard InChI is InChI=1S/C19H35N3O8/c1-21(2,3)9-13(24)15(18(27)28)12(23)8-7-11(20)17(26)16(19(29)30)14(25)10-22(4,5)6/h11,13-16,24-25H,7-10,20H2,1-6H3. The molecule has 0 fully saturated rings. The van der Waals surface area contributed by atoms with E-state index in [0.29, 0.717) is 0 Å². The summed E-state index contributed by atoms with van der Waals surface area (Å²) in [4.78, 5) is 47.5. The maximum atomic E-state index is 12.4. The first kappa shape index (κ1) is 28.1. The fraction of sp³-hybridized carbons (Fsp3) is 0.789. The number of hydrogen-bond acceptors (Lipinski definition) is 9. The van der Waals surface area contributed by atoms with Gasteiger partial charge in [-0.2, -0.15) is 0 Å². The Bertz CT molecular complexity index is 639. The summed E-state index contributed by atoms with van der Waals surface area (Å²) < 4.78 is 0.386. The average molecular weight is 434 g/mol. The fourth-order valence-corrected chi connectivity index (χ4v) is 3.13. The molecule has 0 saturated carbocycles. The number of ketones is 2. The lowest BCUT2D eigenvalue weighted by Gasteiger charge is -2.32. The number of carboxylic acids is 2. The van der Waals surface area contributed by atoms with E-state index >= 15 is 0 Å². The van der Waals surface area contributed by atoms with E-state index < -0.39 is 60.0 Å². The molecule has 0 aromatic rings. The third kappa shape index (κ3) is 9.72. The van der Waals surface area contributed by atoms with E-state index in [1.54, 1.807) is 42.3 Å². The summed E-state index contributed by atoms with van der Waals surface area (Å²) in [5, 5.41) is 43.0. The number of carbonyl (C=O) groups is 4. The minimum Gasteiger partial charge on any atom is -0.549 e. The zero-order valence-electron chi connectivity index (χ0n) is 18.5. The number of nitrogens with two attached hydrogens (primary N) is 1.